The van der Waals surface area contributed by atoms with Crippen molar-refractivity contribution >= 4 is 72.6 Å². The van der Waals surface area contributed by atoms with Crippen molar-refractivity contribution in [3.8, 4) is 0 Å². The van der Waals surface area contributed by atoms with E-state index in [1.165, 1.54) is 24.3 Å². The number of carbonyl (C=O) groups is 2. The average molecular weight is 616 g/mol. The van der Waals surface area contributed by atoms with Crippen molar-refractivity contribution in [3.05, 3.63) is 116 Å². The Balaban J connectivity index is 1.62. The van der Waals surface area contributed by atoms with Gasteiger partial charge in [0.1, 0.15) is 9.97 Å². The number of nitro benzene ring substituents is 1. The lowest BCUT2D eigenvalue weighted by Crippen LogP contribution is -2.29. The van der Waals surface area contributed by atoms with E-state index in [-0.39, 0.29) is 31.1 Å². The second kappa shape index (κ2) is 10.5. The number of sulfone groups is 1. The molecule has 10 nitrogen and oxygen atoms in total. The van der Waals surface area contributed by atoms with Gasteiger partial charge in [0.2, 0.25) is 9.84 Å². The highest BCUT2D eigenvalue weighted by molar-refractivity contribution is 7.93. The lowest BCUT2D eigenvalue weighted by Gasteiger charge is -2.23. The standard InChI is InChI=1S/C26H15Cl2N3O7S2/c27-16-5-1-14(2-6-16)22-21(23(32)15-3-7-17(28)8-4-15)24(33)25(34)30(22)26-29-13-20(39-26)40(37,38)19-11-9-18(10-12-19)31(35)36/h1-13,22,32H. The Hall–Kier alpha value is -4.10. The Kier molecular flexibility index (Phi) is 7.19. The number of nitrogens with zero attached hydrogens (tertiary/aromatic N) is 3. The minimum atomic E-state index is -4.17. The van der Waals surface area contributed by atoms with Crippen LogP contribution in [0.25, 0.3) is 5.76 Å². The number of rotatable bonds is 6. The fraction of sp³-hybridized carbons (Fsp3) is 0.0385. The van der Waals surface area contributed by atoms with Gasteiger partial charge in [0.25, 0.3) is 11.5 Å². The highest BCUT2D eigenvalue weighted by Gasteiger charge is 2.48. The molecule has 1 amide bonds. The zero-order valence-electron chi connectivity index (χ0n) is 19.9. The molecule has 14 heteroatoms. The molecule has 1 saturated heterocycles. The van der Waals surface area contributed by atoms with Gasteiger partial charge in [0, 0.05) is 27.7 Å². The van der Waals surface area contributed by atoms with Crippen LogP contribution in [0.15, 0.2) is 93.7 Å². The number of thiazole rings is 1. The van der Waals surface area contributed by atoms with Crippen molar-refractivity contribution in [2.24, 2.45) is 0 Å². The molecule has 5 rings (SSSR count). The summed E-state index contributed by atoms with van der Waals surface area (Å²) in [4.78, 5) is 41.8. The lowest BCUT2D eigenvalue weighted by molar-refractivity contribution is -0.384. The molecule has 4 aromatic rings. The van der Waals surface area contributed by atoms with Crippen molar-refractivity contribution in [2.75, 3.05) is 4.90 Å². The zero-order valence-corrected chi connectivity index (χ0v) is 23.0. The topological polar surface area (TPSA) is 148 Å². The molecule has 1 aromatic heterocycles. The minimum Gasteiger partial charge on any atom is -0.507 e. The molecule has 0 radical (unpaired) electrons. The number of nitro groups is 1. The molecule has 0 aliphatic carbocycles. The molecule has 3 aromatic carbocycles. The maximum Gasteiger partial charge on any atom is 0.301 e. The number of halogens is 2. The van der Waals surface area contributed by atoms with Gasteiger partial charge in [-0.2, -0.15) is 0 Å². The summed E-state index contributed by atoms with van der Waals surface area (Å²) in [6.07, 6.45) is 1.04. The molecule has 2 heterocycles. The summed E-state index contributed by atoms with van der Waals surface area (Å²) in [5, 5.41) is 22.8. The Morgan fingerprint density at radius 3 is 2.10 bits per heavy atom. The molecule has 1 atom stereocenters. The number of aromatic nitrogens is 1. The van der Waals surface area contributed by atoms with E-state index in [4.69, 9.17) is 23.2 Å². The molecular formula is C26H15Cl2N3O7S2. The molecule has 0 spiro atoms. The maximum absolute atomic E-state index is 13.3. The quantitative estimate of drug-likeness (QED) is 0.0938. The number of anilines is 1. The summed E-state index contributed by atoms with van der Waals surface area (Å²) in [5.41, 5.74) is 0.136. The summed E-state index contributed by atoms with van der Waals surface area (Å²) in [7, 11) is -4.17. The number of non-ortho nitro benzene ring substituents is 1. The van der Waals surface area contributed by atoms with Crippen LogP contribution in [0, 0.1) is 10.1 Å². The largest absolute Gasteiger partial charge is 0.507 e. The van der Waals surface area contributed by atoms with Crippen LogP contribution >= 0.6 is 34.5 Å². The van der Waals surface area contributed by atoms with Crippen LogP contribution < -0.4 is 4.90 Å². The highest BCUT2D eigenvalue weighted by Crippen LogP contribution is 2.44. The number of hydrogen-bond acceptors (Lipinski definition) is 9. The molecule has 0 bridgehead atoms. The molecule has 1 aliphatic rings. The van der Waals surface area contributed by atoms with E-state index < -0.39 is 38.3 Å². The fourth-order valence-electron chi connectivity index (χ4n) is 4.10. The Morgan fingerprint density at radius 1 is 0.950 bits per heavy atom. The zero-order chi connectivity index (χ0) is 28.8. The normalized spacial score (nSPS) is 16.9. The Labute approximate surface area is 240 Å². The van der Waals surface area contributed by atoms with E-state index in [2.05, 4.69) is 4.98 Å². The SMILES string of the molecule is O=C1C(=O)N(c2ncc(S(=O)(=O)c3ccc([N+](=O)[O-])cc3)s2)C(c2ccc(Cl)cc2)C1=C(O)c1ccc(Cl)cc1. The van der Waals surface area contributed by atoms with Gasteiger partial charge in [-0.15, -0.1) is 0 Å². The highest BCUT2D eigenvalue weighted by atomic mass is 35.5. The van der Waals surface area contributed by atoms with Gasteiger partial charge in [0.05, 0.1) is 27.6 Å². The molecule has 0 saturated carbocycles. The van der Waals surface area contributed by atoms with E-state index >= 15 is 0 Å². The van der Waals surface area contributed by atoms with Crippen LogP contribution in [0.3, 0.4) is 0 Å². The van der Waals surface area contributed by atoms with Crippen molar-refractivity contribution in [1.29, 1.82) is 0 Å². The number of ketones is 1. The number of carbonyl (C=O) groups excluding carboxylic acids is 2. The van der Waals surface area contributed by atoms with Gasteiger partial charge >= 0.3 is 5.91 Å². The van der Waals surface area contributed by atoms with Gasteiger partial charge in [-0.05, 0) is 54.1 Å². The smallest absolute Gasteiger partial charge is 0.301 e. The fourth-order valence-corrected chi connectivity index (χ4v) is 6.90. The molecule has 1 fully saturated rings. The second-order valence-electron chi connectivity index (χ2n) is 8.44. The van der Waals surface area contributed by atoms with Gasteiger partial charge in [-0.25, -0.2) is 13.4 Å². The van der Waals surface area contributed by atoms with E-state index in [9.17, 15) is 33.2 Å². The van der Waals surface area contributed by atoms with Crippen molar-refractivity contribution in [2.45, 2.75) is 15.1 Å². The van der Waals surface area contributed by atoms with Gasteiger partial charge in [0.15, 0.2) is 5.13 Å². The first-order valence-corrected chi connectivity index (χ1v) is 14.3. The molecular weight excluding hydrogens is 601 g/mol. The number of hydrogen-bond donors (Lipinski definition) is 1. The minimum absolute atomic E-state index is 0.113. The summed E-state index contributed by atoms with van der Waals surface area (Å²) < 4.78 is 26.2. The van der Waals surface area contributed by atoms with Gasteiger partial charge < -0.3 is 5.11 Å². The Morgan fingerprint density at radius 2 is 1.52 bits per heavy atom. The third-order valence-electron chi connectivity index (χ3n) is 6.05. The van der Waals surface area contributed by atoms with E-state index in [0.29, 0.717) is 26.9 Å². The second-order valence-corrected chi connectivity index (χ2v) is 12.5. The first-order chi connectivity index (χ1) is 19.0. The molecule has 1 aliphatic heterocycles. The van der Waals surface area contributed by atoms with E-state index in [1.54, 1.807) is 24.3 Å². The Bertz CT molecular complexity index is 1800. The van der Waals surface area contributed by atoms with Crippen molar-refractivity contribution in [3.63, 3.8) is 0 Å². The molecule has 202 valence electrons. The van der Waals surface area contributed by atoms with E-state index in [0.717, 1.165) is 35.4 Å². The van der Waals surface area contributed by atoms with Gasteiger partial charge in [-0.1, -0.05) is 46.7 Å². The summed E-state index contributed by atoms with van der Waals surface area (Å²) in [6, 6.07) is 15.4. The van der Waals surface area contributed by atoms with Crippen LogP contribution in [-0.2, 0) is 19.4 Å². The van der Waals surface area contributed by atoms with Gasteiger partial charge in [-0.3, -0.25) is 24.6 Å². The maximum atomic E-state index is 13.3. The number of aliphatic hydroxyl groups excluding tert-OH is 1. The third kappa shape index (κ3) is 4.86. The summed E-state index contributed by atoms with van der Waals surface area (Å²) in [6.45, 7) is 0. The number of benzene rings is 3. The van der Waals surface area contributed by atoms with Crippen LogP contribution in [0.2, 0.25) is 10.0 Å². The van der Waals surface area contributed by atoms with Crippen LogP contribution in [0.1, 0.15) is 17.2 Å². The molecule has 40 heavy (non-hydrogen) atoms. The first kappa shape index (κ1) is 27.5. The molecule has 1 N–H and O–H groups in total. The number of amides is 1. The monoisotopic (exact) mass is 615 g/mol. The average Bonchev–Trinajstić information content (AvgIpc) is 3.53. The summed E-state index contributed by atoms with van der Waals surface area (Å²) >= 11 is 12.6. The predicted molar refractivity (Wildman–Crippen MR) is 148 cm³/mol. The third-order valence-corrected chi connectivity index (χ3v) is 9.78. The van der Waals surface area contributed by atoms with Crippen molar-refractivity contribution in [1.82, 2.24) is 4.98 Å². The van der Waals surface area contributed by atoms with Crippen LogP contribution in [-0.4, -0.2) is 35.1 Å². The first-order valence-electron chi connectivity index (χ1n) is 11.3. The number of aliphatic hydroxyl groups is 1. The van der Waals surface area contributed by atoms with Crippen molar-refractivity contribution < 1.29 is 28.0 Å². The van der Waals surface area contributed by atoms with Crippen LogP contribution in [0.5, 0.6) is 0 Å². The molecule has 1 unspecified atom stereocenters. The number of Topliss-reactive ketones (excluding diaryl/α,β-unsaturated/α-hetero) is 1. The summed E-state index contributed by atoms with van der Waals surface area (Å²) in [5.74, 6) is -2.47. The predicted octanol–water partition coefficient (Wildman–Crippen LogP) is 5.82. The van der Waals surface area contributed by atoms with Crippen LogP contribution in [0.4, 0.5) is 10.8 Å². The van der Waals surface area contributed by atoms with E-state index in [1.807, 2.05) is 0 Å². The lowest BCUT2D eigenvalue weighted by atomic mass is 9.95.